The van der Waals surface area contributed by atoms with Crippen molar-refractivity contribution in [1.82, 2.24) is 9.80 Å². The summed E-state index contributed by atoms with van der Waals surface area (Å²) in [5, 5.41) is 0.193. The van der Waals surface area contributed by atoms with Crippen molar-refractivity contribution < 1.29 is 19.1 Å². The highest BCUT2D eigenvalue weighted by molar-refractivity contribution is 9.11. The van der Waals surface area contributed by atoms with E-state index in [2.05, 4.69) is 38.8 Å². The summed E-state index contributed by atoms with van der Waals surface area (Å²) in [6.07, 6.45) is 3.52. The summed E-state index contributed by atoms with van der Waals surface area (Å²) in [4.78, 5) is 41.1. The smallest absolute Gasteiger partial charge is 0.294 e. The van der Waals surface area contributed by atoms with Gasteiger partial charge in [-0.25, -0.2) is 0 Å². The highest BCUT2D eigenvalue weighted by Crippen LogP contribution is 2.38. The lowest BCUT2D eigenvalue weighted by Gasteiger charge is -2.31. The zero-order chi connectivity index (χ0) is 25.1. The Labute approximate surface area is 230 Å². The van der Waals surface area contributed by atoms with Crippen LogP contribution >= 0.6 is 55.2 Å². The maximum absolute atomic E-state index is 12.9. The van der Waals surface area contributed by atoms with Gasteiger partial charge in [-0.3, -0.25) is 19.3 Å². The number of benzene rings is 2. The van der Waals surface area contributed by atoms with Crippen molar-refractivity contribution in [3.05, 3.63) is 66.4 Å². The Morgan fingerprint density at radius 3 is 2.49 bits per heavy atom. The molecular formula is C25H23Br2ClN2O4S. The van der Waals surface area contributed by atoms with E-state index in [9.17, 15) is 14.4 Å². The van der Waals surface area contributed by atoms with Gasteiger partial charge in [0.2, 0.25) is 5.91 Å². The second kappa shape index (κ2) is 11.5. The van der Waals surface area contributed by atoms with Crippen LogP contribution < -0.4 is 4.74 Å². The largest absolute Gasteiger partial charge is 0.486 e. The Bertz CT molecular complexity index is 1170. The summed E-state index contributed by atoms with van der Waals surface area (Å²) in [5.74, 6) is 0.540. The molecule has 0 aliphatic carbocycles. The SMILES string of the molecule is CC1CCN(C(=O)CN2C(=O)S/C(=C/c3cc(Br)c(OCc4ccccc4Cl)c(Br)c3)C2=O)CC1. The Morgan fingerprint density at radius 2 is 1.83 bits per heavy atom. The van der Waals surface area contributed by atoms with Gasteiger partial charge in [0, 0.05) is 23.7 Å². The predicted octanol–water partition coefficient (Wildman–Crippen LogP) is 6.74. The number of carbonyl (C=O) groups is 3. The van der Waals surface area contributed by atoms with E-state index >= 15 is 0 Å². The molecule has 35 heavy (non-hydrogen) atoms. The number of carbonyl (C=O) groups excluding carboxylic acids is 3. The molecule has 2 fully saturated rings. The van der Waals surface area contributed by atoms with Crippen LogP contribution in [0.3, 0.4) is 0 Å². The number of imide groups is 1. The molecular weight excluding hydrogens is 620 g/mol. The van der Waals surface area contributed by atoms with Gasteiger partial charge in [-0.1, -0.05) is 36.7 Å². The molecule has 0 atom stereocenters. The Hall–Kier alpha value is -1.81. The summed E-state index contributed by atoms with van der Waals surface area (Å²) in [6.45, 7) is 3.56. The van der Waals surface area contributed by atoms with Crippen molar-refractivity contribution in [3.8, 4) is 5.75 Å². The van der Waals surface area contributed by atoms with Crippen LogP contribution in [0.15, 0.2) is 50.2 Å². The zero-order valence-corrected chi connectivity index (χ0v) is 23.7. The number of hydrogen-bond donors (Lipinski definition) is 0. The standard InChI is InChI=1S/C25H23Br2ClN2O4S/c1-15-6-8-29(9-7-15)22(31)13-30-24(32)21(35-25(30)33)12-16-10-18(26)23(19(27)11-16)34-14-17-4-2-3-5-20(17)28/h2-5,10-12,15H,6-9,13-14H2,1H3/b21-12+. The molecule has 0 N–H and O–H groups in total. The fourth-order valence-corrected chi connectivity index (χ4v) is 6.33. The second-order valence-corrected chi connectivity index (χ2v) is 11.6. The average molecular weight is 643 g/mol. The van der Waals surface area contributed by atoms with E-state index in [0.29, 0.717) is 50.9 Å². The van der Waals surface area contributed by atoms with Gasteiger partial charge in [0.05, 0.1) is 13.9 Å². The minimum Gasteiger partial charge on any atom is -0.486 e. The molecule has 0 bridgehead atoms. The van der Waals surface area contributed by atoms with E-state index in [1.54, 1.807) is 29.2 Å². The van der Waals surface area contributed by atoms with Gasteiger partial charge in [0.15, 0.2) is 0 Å². The lowest BCUT2D eigenvalue weighted by Crippen LogP contribution is -2.45. The number of thioether (sulfide) groups is 1. The van der Waals surface area contributed by atoms with Gasteiger partial charge < -0.3 is 9.64 Å². The molecule has 2 heterocycles. The molecule has 2 saturated heterocycles. The minimum atomic E-state index is -0.454. The first-order valence-electron chi connectivity index (χ1n) is 11.1. The molecule has 4 rings (SSSR count). The van der Waals surface area contributed by atoms with Crippen LogP contribution in [-0.4, -0.2) is 46.5 Å². The van der Waals surface area contributed by atoms with E-state index < -0.39 is 11.1 Å². The molecule has 0 unspecified atom stereocenters. The van der Waals surface area contributed by atoms with Gasteiger partial charge in [0.1, 0.15) is 18.9 Å². The van der Waals surface area contributed by atoms with Crippen LogP contribution in [0.4, 0.5) is 4.79 Å². The van der Waals surface area contributed by atoms with Crippen LogP contribution in [0.5, 0.6) is 5.75 Å². The third-order valence-electron chi connectivity index (χ3n) is 5.95. The zero-order valence-electron chi connectivity index (χ0n) is 18.9. The van der Waals surface area contributed by atoms with Crippen molar-refractivity contribution in [2.24, 2.45) is 5.92 Å². The molecule has 0 spiro atoms. The molecule has 0 radical (unpaired) electrons. The number of halogens is 3. The van der Waals surface area contributed by atoms with E-state index in [4.69, 9.17) is 16.3 Å². The summed E-state index contributed by atoms with van der Waals surface area (Å²) in [7, 11) is 0. The third kappa shape index (κ3) is 6.31. The number of piperidine rings is 1. The topological polar surface area (TPSA) is 66.9 Å². The summed E-state index contributed by atoms with van der Waals surface area (Å²) >= 11 is 14.1. The number of nitrogens with zero attached hydrogens (tertiary/aromatic N) is 2. The molecule has 0 saturated carbocycles. The fraction of sp³-hybridized carbons (Fsp3) is 0.320. The third-order valence-corrected chi connectivity index (χ3v) is 8.41. The molecule has 6 nitrogen and oxygen atoms in total. The normalized spacial score (nSPS) is 18.0. The Kier molecular flexibility index (Phi) is 8.63. The van der Waals surface area contributed by atoms with E-state index in [1.165, 1.54) is 0 Å². The first kappa shape index (κ1) is 26.3. The molecule has 2 aliphatic rings. The molecule has 0 aromatic heterocycles. The Balaban J connectivity index is 1.44. The monoisotopic (exact) mass is 640 g/mol. The number of rotatable bonds is 6. The highest BCUT2D eigenvalue weighted by atomic mass is 79.9. The van der Waals surface area contributed by atoms with Crippen LogP contribution in [-0.2, 0) is 16.2 Å². The lowest BCUT2D eigenvalue weighted by atomic mass is 9.99. The van der Waals surface area contributed by atoms with Crippen molar-refractivity contribution in [3.63, 3.8) is 0 Å². The molecule has 2 aromatic rings. The van der Waals surface area contributed by atoms with Crippen molar-refractivity contribution in [2.75, 3.05) is 19.6 Å². The average Bonchev–Trinajstić information content (AvgIpc) is 3.07. The molecule has 2 aromatic carbocycles. The van der Waals surface area contributed by atoms with Gasteiger partial charge in [-0.2, -0.15) is 0 Å². The van der Waals surface area contributed by atoms with E-state index in [1.807, 2.05) is 18.2 Å². The highest BCUT2D eigenvalue weighted by Gasteiger charge is 2.37. The summed E-state index contributed by atoms with van der Waals surface area (Å²) in [6, 6.07) is 11.1. The summed E-state index contributed by atoms with van der Waals surface area (Å²) < 4.78 is 7.31. The second-order valence-electron chi connectivity index (χ2n) is 8.52. The van der Waals surface area contributed by atoms with Crippen LogP contribution in [0.2, 0.25) is 5.02 Å². The maximum atomic E-state index is 12.9. The van der Waals surface area contributed by atoms with Crippen molar-refractivity contribution >= 4 is 78.4 Å². The van der Waals surface area contributed by atoms with Gasteiger partial charge >= 0.3 is 0 Å². The van der Waals surface area contributed by atoms with Crippen LogP contribution in [0, 0.1) is 5.92 Å². The van der Waals surface area contributed by atoms with Crippen molar-refractivity contribution in [1.29, 1.82) is 0 Å². The van der Waals surface area contributed by atoms with E-state index in [0.717, 1.165) is 35.1 Å². The molecule has 3 amide bonds. The quantitative estimate of drug-likeness (QED) is 0.327. The molecule has 184 valence electrons. The number of amides is 3. The van der Waals surface area contributed by atoms with Crippen molar-refractivity contribution in [2.45, 2.75) is 26.4 Å². The number of ether oxygens (including phenoxy) is 1. The van der Waals surface area contributed by atoms with Gasteiger partial charge in [-0.05, 0) is 92.2 Å². The molecule has 10 heteroatoms. The first-order chi connectivity index (χ1) is 16.7. The number of likely N-dealkylation sites (tertiary alicyclic amines) is 1. The summed E-state index contributed by atoms with van der Waals surface area (Å²) in [5.41, 5.74) is 1.56. The number of hydrogen-bond acceptors (Lipinski definition) is 5. The van der Waals surface area contributed by atoms with Gasteiger partial charge in [-0.15, -0.1) is 0 Å². The fourth-order valence-electron chi connectivity index (χ4n) is 3.85. The van der Waals surface area contributed by atoms with Crippen LogP contribution in [0.1, 0.15) is 30.9 Å². The maximum Gasteiger partial charge on any atom is 0.294 e. The van der Waals surface area contributed by atoms with Crippen LogP contribution in [0.25, 0.3) is 6.08 Å². The Morgan fingerprint density at radius 1 is 1.17 bits per heavy atom. The van der Waals surface area contributed by atoms with E-state index in [-0.39, 0.29) is 17.4 Å². The molecule has 2 aliphatic heterocycles. The van der Waals surface area contributed by atoms with Gasteiger partial charge in [0.25, 0.3) is 11.1 Å². The lowest BCUT2D eigenvalue weighted by molar-refractivity contribution is -0.136. The minimum absolute atomic E-state index is 0.189. The predicted molar refractivity (Wildman–Crippen MR) is 145 cm³/mol. The first-order valence-corrected chi connectivity index (χ1v) is 13.9.